The molecule has 0 atom stereocenters. The van der Waals surface area contributed by atoms with Gasteiger partial charge >= 0.3 is 57.1 Å². The van der Waals surface area contributed by atoms with E-state index in [1.165, 1.54) is 10.6 Å². The van der Waals surface area contributed by atoms with Crippen LogP contribution in [0.1, 0.15) is 45.7 Å². The van der Waals surface area contributed by atoms with Gasteiger partial charge < -0.3 is 6.16 Å². The Balaban J connectivity index is 0.00000253. The summed E-state index contributed by atoms with van der Waals surface area (Å²) in [5.41, 5.74) is 3.56. The minimum absolute atomic E-state index is 0. The Kier molecular flexibility index (Phi) is 10.4. The summed E-state index contributed by atoms with van der Waals surface area (Å²) in [6, 6.07) is 15.5. The van der Waals surface area contributed by atoms with Crippen LogP contribution in [-0.4, -0.2) is 30.8 Å². The zero-order chi connectivity index (χ0) is 29.1. The Morgan fingerprint density at radius 1 is 1.07 bits per heavy atom. The number of hydrogen-bond donors (Lipinski definition) is 1. The fourth-order valence-electron chi connectivity index (χ4n) is 4.77. The molecule has 3 aromatic heterocycles. The van der Waals surface area contributed by atoms with Gasteiger partial charge in [0, 0.05) is 35.4 Å². The second-order valence-corrected chi connectivity index (χ2v) is 9.98. The van der Waals surface area contributed by atoms with Crippen molar-refractivity contribution < 1.29 is 66.5 Å². The molecule has 0 unspecified atom stereocenters. The van der Waals surface area contributed by atoms with Crippen molar-refractivity contribution >= 4 is 0 Å². The van der Waals surface area contributed by atoms with E-state index in [0.717, 1.165) is 6.42 Å². The monoisotopic (exact) mass is 595 g/mol. The summed E-state index contributed by atoms with van der Waals surface area (Å²) in [6.45, 7) is 7.65. The molecule has 0 aliphatic carbocycles. The Morgan fingerprint density at radius 2 is 1.81 bits per heavy atom. The van der Waals surface area contributed by atoms with Gasteiger partial charge in [-0.3, -0.25) is 18.9 Å². The maximum atomic E-state index is 15.6. The predicted molar refractivity (Wildman–Crippen MR) is 154 cm³/mol. The zero-order valence-corrected chi connectivity index (χ0v) is 27.4. The summed E-state index contributed by atoms with van der Waals surface area (Å²) in [5, 5.41) is 3.77. The fourth-order valence-corrected chi connectivity index (χ4v) is 4.77. The van der Waals surface area contributed by atoms with Gasteiger partial charge in [0.25, 0.3) is 5.56 Å². The van der Waals surface area contributed by atoms with Crippen LogP contribution in [0.5, 0.6) is 5.88 Å². The van der Waals surface area contributed by atoms with E-state index in [-0.39, 0.29) is 76.8 Å². The van der Waals surface area contributed by atoms with Crippen LogP contribution < -0.4 is 67.4 Å². The van der Waals surface area contributed by atoms with Crippen molar-refractivity contribution in [3.8, 4) is 39.5 Å². The van der Waals surface area contributed by atoms with Crippen LogP contribution in [0.15, 0.2) is 74.9 Å². The third-order valence-electron chi connectivity index (χ3n) is 6.60. The summed E-state index contributed by atoms with van der Waals surface area (Å²) in [4.78, 5) is 37.0. The molecule has 0 bridgehead atoms. The summed E-state index contributed by atoms with van der Waals surface area (Å²) in [5.74, 6) is 0.166. The second kappa shape index (κ2) is 13.8. The van der Waals surface area contributed by atoms with Gasteiger partial charge in [0.2, 0.25) is 5.88 Å². The number of aryl methyl sites for hydroxylation is 2. The maximum Gasteiger partial charge on any atom is 1.00 e. The molecule has 3 heterocycles. The first-order chi connectivity index (χ1) is 19.7. The number of nitrogens with one attached hydrogen (secondary N) is 1. The molecular formula is C31H31FKN5O4. The van der Waals surface area contributed by atoms with Crippen molar-refractivity contribution in [2.45, 2.75) is 53.2 Å². The number of hydrogen-bond acceptors (Lipinski definition) is 7. The third-order valence-corrected chi connectivity index (χ3v) is 6.60. The van der Waals surface area contributed by atoms with E-state index in [2.05, 4.69) is 19.6 Å². The molecule has 5 rings (SSSR count). The van der Waals surface area contributed by atoms with Crippen LogP contribution in [0, 0.1) is 12.7 Å². The molecule has 11 heteroatoms. The van der Waals surface area contributed by atoms with E-state index >= 15 is 4.39 Å². The number of H-pyrrole nitrogens is 1. The molecule has 0 aliphatic rings. The van der Waals surface area contributed by atoms with E-state index in [9.17, 15) is 9.59 Å². The number of aromatic nitrogens is 5. The van der Waals surface area contributed by atoms with Crippen molar-refractivity contribution in [3.63, 3.8) is 0 Å². The van der Waals surface area contributed by atoms with Crippen molar-refractivity contribution in [2.24, 2.45) is 0 Å². The van der Waals surface area contributed by atoms with Crippen LogP contribution in [0.2, 0.25) is 0 Å². The molecule has 5 aromatic rings. The predicted octanol–water partition coefficient (Wildman–Crippen LogP) is 2.67. The van der Waals surface area contributed by atoms with Gasteiger partial charge in [0.15, 0.2) is 5.82 Å². The summed E-state index contributed by atoms with van der Waals surface area (Å²) in [6.07, 6.45) is 2.92. The number of halogens is 1. The Morgan fingerprint density at radius 3 is 2.43 bits per heavy atom. The first-order valence-electron chi connectivity index (χ1n) is 13.4. The summed E-state index contributed by atoms with van der Waals surface area (Å²) in [7, 11) is 0. The molecule has 0 spiro atoms. The molecular weight excluding hydrogens is 564 g/mol. The van der Waals surface area contributed by atoms with E-state index < -0.39 is 11.6 Å². The largest absolute Gasteiger partial charge is 1.00 e. The molecule has 0 fully saturated rings. The molecule has 0 amide bonds. The Labute approximate surface area is 286 Å². The van der Waals surface area contributed by atoms with Gasteiger partial charge in [-0.1, -0.05) is 48.5 Å². The molecule has 0 aliphatic heterocycles. The average Bonchev–Trinajstić information content (AvgIpc) is 3.38. The average molecular weight is 596 g/mol. The number of ether oxygens (including phenoxy) is 1. The third kappa shape index (κ3) is 6.87. The van der Waals surface area contributed by atoms with Gasteiger partial charge in [-0.05, 0) is 50.5 Å². The van der Waals surface area contributed by atoms with Crippen LogP contribution >= 0.6 is 0 Å². The van der Waals surface area contributed by atoms with E-state index in [1.807, 2.05) is 32.9 Å². The quantitative estimate of drug-likeness (QED) is 0.261. The van der Waals surface area contributed by atoms with Crippen molar-refractivity contribution in [1.82, 2.24) is 24.7 Å². The summed E-state index contributed by atoms with van der Waals surface area (Å²) >= 11 is 0. The van der Waals surface area contributed by atoms with Crippen LogP contribution in [-0.2, 0) is 13.0 Å². The zero-order valence-electron chi connectivity index (χ0n) is 25.3. The SMILES string of the molecule is CCCc1nc(C)c(-c2ccc(OC(C)C)nc2)c(=O)n1Cc1ccc(-c2ccccc2-c2noc(=O)[nH]2)cc1F.[H-].[K+]. The Hall–Kier alpha value is -3.22. The first kappa shape index (κ1) is 31.7. The maximum absolute atomic E-state index is 15.6. The smallest absolute Gasteiger partial charge is 1.00 e. The van der Waals surface area contributed by atoms with Crippen LogP contribution in [0.25, 0.3) is 33.6 Å². The number of rotatable bonds is 9. The van der Waals surface area contributed by atoms with Gasteiger partial charge in [-0.2, -0.15) is 0 Å². The molecule has 2 aromatic carbocycles. The molecule has 212 valence electrons. The first-order valence-corrected chi connectivity index (χ1v) is 13.4. The van der Waals surface area contributed by atoms with Crippen molar-refractivity contribution in [3.05, 3.63) is 105 Å². The van der Waals surface area contributed by atoms with Crippen LogP contribution in [0.4, 0.5) is 4.39 Å². The topological polar surface area (TPSA) is 116 Å². The van der Waals surface area contributed by atoms with Gasteiger partial charge in [0.05, 0.1) is 23.9 Å². The molecule has 1 N–H and O–H groups in total. The summed E-state index contributed by atoms with van der Waals surface area (Å²) < 4.78 is 27.4. The van der Waals surface area contributed by atoms with E-state index in [4.69, 9.17) is 9.72 Å². The van der Waals surface area contributed by atoms with Crippen LogP contribution in [0.3, 0.4) is 0 Å². The fraction of sp³-hybridized carbons (Fsp3) is 0.258. The van der Waals surface area contributed by atoms with Crippen molar-refractivity contribution in [1.29, 1.82) is 0 Å². The molecule has 0 radical (unpaired) electrons. The van der Waals surface area contributed by atoms with Gasteiger partial charge in [0.1, 0.15) is 11.6 Å². The molecule has 0 saturated heterocycles. The van der Waals surface area contributed by atoms with Gasteiger partial charge in [-0.25, -0.2) is 19.2 Å². The minimum atomic E-state index is -0.675. The normalized spacial score (nSPS) is 11.0. The van der Waals surface area contributed by atoms with E-state index in [0.29, 0.717) is 57.2 Å². The number of nitrogens with zero attached hydrogens (tertiary/aromatic N) is 4. The molecule has 42 heavy (non-hydrogen) atoms. The minimum Gasteiger partial charge on any atom is -1.00 e. The molecule has 9 nitrogen and oxygen atoms in total. The number of aromatic amines is 1. The molecule has 0 saturated carbocycles. The van der Waals surface area contributed by atoms with E-state index in [1.54, 1.807) is 49.5 Å². The van der Waals surface area contributed by atoms with Gasteiger partial charge in [-0.15, -0.1) is 0 Å². The Bertz CT molecular complexity index is 1820. The van der Waals surface area contributed by atoms with Crippen molar-refractivity contribution in [2.75, 3.05) is 0 Å². The second-order valence-electron chi connectivity index (χ2n) is 9.98. The number of pyridine rings is 1. The standard InChI is InChI=1S/C31H30FN5O4.K.H/c1-5-8-26-34-19(4)28(21-13-14-27(33-16-21)40-18(2)3)30(38)37(26)17-22-12-11-20(15-25(22)32)23-9-6-7-10-24(23)29-35-31(39)41-36-29;;/h6-7,9-16,18H,5,8,17H2,1-4H3,(H,35,36,39);;/q;+1;-1. The number of benzene rings is 2.